The van der Waals surface area contributed by atoms with Crippen LogP contribution in [0.25, 0.3) is 0 Å². The summed E-state index contributed by atoms with van der Waals surface area (Å²) in [5.41, 5.74) is 0. The molecule has 3 atom stereocenters. The highest BCUT2D eigenvalue weighted by atomic mass is 16.2. The number of nitrogens with one attached hydrogen (secondary N) is 1. The fourth-order valence-electron chi connectivity index (χ4n) is 2.96. The van der Waals surface area contributed by atoms with E-state index in [0.717, 1.165) is 13.1 Å². The Kier molecular flexibility index (Phi) is 2.87. The molecule has 0 aromatic carbocycles. The number of carbonyl (C=O) groups is 1. The summed E-state index contributed by atoms with van der Waals surface area (Å²) >= 11 is 0. The van der Waals surface area contributed by atoms with Crippen molar-refractivity contribution in [2.75, 3.05) is 34.2 Å². The summed E-state index contributed by atoms with van der Waals surface area (Å²) in [4.78, 5) is 15.6. The van der Waals surface area contributed by atoms with Crippen molar-refractivity contribution in [1.29, 1.82) is 0 Å². The zero-order valence-corrected chi connectivity index (χ0v) is 9.86. The molecule has 2 fully saturated rings. The number of likely N-dealkylation sites (tertiary alicyclic amines) is 1. The summed E-state index contributed by atoms with van der Waals surface area (Å²) < 4.78 is 0. The van der Waals surface area contributed by atoms with Gasteiger partial charge in [0.05, 0.1) is 0 Å². The van der Waals surface area contributed by atoms with E-state index in [1.54, 1.807) is 19.0 Å². The van der Waals surface area contributed by atoms with E-state index in [1.807, 2.05) is 0 Å². The molecule has 2 aliphatic rings. The second-order valence-corrected chi connectivity index (χ2v) is 5.19. The molecule has 1 saturated carbocycles. The highest BCUT2D eigenvalue weighted by molar-refractivity contribution is 5.74. The molecule has 1 heterocycles. The smallest absolute Gasteiger partial charge is 0.317 e. The molecule has 0 spiro atoms. The number of carbonyl (C=O) groups excluding carboxylic acids is 1. The topological polar surface area (TPSA) is 35.6 Å². The molecule has 1 aliphatic heterocycles. The molecule has 1 N–H and O–H groups in total. The lowest BCUT2D eigenvalue weighted by molar-refractivity contribution is 0.148. The van der Waals surface area contributed by atoms with Crippen LogP contribution in [0.4, 0.5) is 4.79 Å². The number of rotatable bonds is 1. The maximum absolute atomic E-state index is 11.6. The van der Waals surface area contributed by atoms with E-state index >= 15 is 0 Å². The van der Waals surface area contributed by atoms with Crippen LogP contribution >= 0.6 is 0 Å². The number of urea groups is 1. The third kappa shape index (κ3) is 2.09. The van der Waals surface area contributed by atoms with Gasteiger partial charge in [-0.3, -0.25) is 0 Å². The Morgan fingerprint density at radius 1 is 1.27 bits per heavy atom. The number of amides is 2. The van der Waals surface area contributed by atoms with Crippen LogP contribution in [0.15, 0.2) is 0 Å². The van der Waals surface area contributed by atoms with Gasteiger partial charge >= 0.3 is 6.03 Å². The first kappa shape index (κ1) is 10.7. The molecule has 0 aromatic heterocycles. The first-order valence-electron chi connectivity index (χ1n) is 5.74. The fraction of sp³-hybridized carbons (Fsp3) is 0.909. The summed E-state index contributed by atoms with van der Waals surface area (Å²) in [5, 5.41) is 3.16. The van der Waals surface area contributed by atoms with Crippen molar-refractivity contribution in [3.63, 3.8) is 0 Å². The van der Waals surface area contributed by atoms with Crippen LogP contribution in [-0.4, -0.2) is 56.1 Å². The second kappa shape index (κ2) is 4.00. The van der Waals surface area contributed by atoms with Gasteiger partial charge in [0, 0.05) is 33.2 Å². The average molecular weight is 211 g/mol. The van der Waals surface area contributed by atoms with E-state index in [0.29, 0.717) is 17.9 Å². The maximum Gasteiger partial charge on any atom is 0.317 e. The molecule has 4 nitrogen and oxygen atoms in total. The van der Waals surface area contributed by atoms with Gasteiger partial charge in [-0.05, 0) is 31.7 Å². The molecular weight excluding hydrogens is 190 g/mol. The predicted molar refractivity (Wildman–Crippen MR) is 59.7 cm³/mol. The van der Waals surface area contributed by atoms with Gasteiger partial charge in [0.15, 0.2) is 0 Å². The zero-order chi connectivity index (χ0) is 11.0. The van der Waals surface area contributed by atoms with Crippen molar-refractivity contribution in [2.45, 2.75) is 18.9 Å². The quantitative estimate of drug-likeness (QED) is 0.689. The Hall–Kier alpha value is -0.770. The van der Waals surface area contributed by atoms with Crippen molar-refractivity contribution < 1.29 is 4.79 Å². The van der Waals surface area contributed by atoms with Gasteiger partial charge in [0.1, 0.15) is 0 Å². The van der Waals surface area contributed by atoms with Crippen LogP contribution in [0.3, 0.4) is 0 Å². The fourth-order valence-corrected chi connectivity index (χ4v) is 2.96. The van der Waals surface area contributed by atoms with Crippen LogP contribution in [0.2, 0.25) is 0 Å². The van der Waals surface area contributed by atoms with E-state index in [1.165, 1.54) is 12.8 Å². The lowest BCUT2D eigenvalue weighted by atomic mass is 9.93. The number of hydrogen-bond donors (Lipinski definition) is 1. The van der Waals surface area contributed by atoms with Gasteiger partial charge in [-0.1, -0.05) is 0 Å². The third-order valence-electron chi connectivity index (χ3n) is 3.71. The predicted octanol–water partition coefficient (Wildman–Crippen LogP) is 0.598. The van der Waals surface area contributed by atoms with Crippen LogP contribution in [-0.2, 0) is 0 Å². The summed E-state index contributed by atoms with van der Waals surface area (Å²) in [5.74, 6) is 1.33. The molecule has 86 valence electrons. The normalized spacial score (nSPS) is 35.3. The molecule has 2 bridgehead atoms. The van der Waals surface area contributed by atoms with Gasteiger partial charge in [0.2, 0.25) is 0 Å². The Bertz CT molecular complexity index is 240. The number of fused-ring (bicyclic) bond motifs is 2. The number of nitrogens with zero attached hydrogens (tertiary/aromatic N) is 2. The van der Waals surface area contributed by atoms with E-state index in [-0.39, 0.29) is 6.03 Å². The summed E-state index contributed by atoms with van der Waals surface area (Å²) in [6, 6.07) is 0.470. The van der Waals surface area contributed by atoms with Crippen molar-refractivity contribution >= 4 is 6.03 Å². The van der Waals surface area contributed by atoms with E-state index in [9.17, 15) is 4.79 Å². The first-order chi connectivity index (χ1) is 7.08. The highest BCUT2D eigenvalue weighted by Gasteiger charge is 2.41. The molecule has 1 aliphatic carbocycles. The third-order valence-corrected chi connectivity index (χ3v) is 3.71. The maximum atomic E-state index is 11.6. The molecule has 1 saturated heterocycles. The Balaban J connectivity index is 1.97. The molecule has 15 heavy (non-hydrogen) atoms. The van der Waals surface area contributed by atoms with Crippen LogP contribution in [0.1, 0.15) is 12.8 Å². The Morgan fingerprint density at radius 3 is 2.27 bits per heavy atom. The van der Waals surface area contributed by atoms with Crippen molar-refractivity contribution in [1.82, 2.24) is 15.1 Å². The molecule has 4 heteroatoms. The van der Waals surface area contributed by atoms with Crippen molar-refractivity contribution in [3.05, 3.63) is 0 Å². The minimum atomic E-state index is 0.0569. The average Bonchev–Trinajstić information content (AvgIpc) is 2.42. The second-order valence-electron chi connectivity index (χ2n) is 5.19. The standard InChI is InChI=1S/C11H21N3O/c1-13(2)11(15)12-10-8-4-5-9(10)7-14(3)6-8/h8-10H,4-7H2,1-3H3,(H,12,15)/t8-,9?,10?/m0/s1. The van der Waals surface area contributed by atoms with Crippen LogP contribution in [0.5, 0.6) is 0 Å². The lowest BCUT2D eigenvalue weighted by Gasteiger charge is -2.36. The summed E-state index contributed by atoms with van der Waals surface area (Å²) in [6.07, 6.45) is 2.54. The van der Waals surface area contributed by atoms with Crippen molar-refractivity contribution in [2.24, 2.45) is 11.8 Å². The molecule has 0 radical (unpaired) electrons. The van der Waals surface area contributed by atoms with Crippen molar-refractivity contribution in [3.8, 4) is 0 Å². The molecular formula is C11H21N3O. The minimum Gasteiger partial charge on any atom is -0.335 e. The van der Waals surface area contributed by atoms with Gasteiger partial charge in [-0.2, -0.15) is 0 Å². The van der Waals surface area contributed by atoms with E-state index in [2.05, 4.69) is 17.3 Å². The monoisotopic (exact) mass is 211 g/mol. The highest BCUT2D eigenvalue weighted by Crippen LogP contribution is 2.36. The van der Waals surface area contributed by atoms with Gasteiger partial charge in [0.25, 0.3) is 0 Å². The minimum absolute atomic E-state index is 0.0569. The molecule has 0 aromatic rings. The largest absolute Gasteiger partial charge is 0.335 e. The van der Waals surface area contributed by atoms with Crippen LogP contribution in [0, 0.1) is 11.8 Å². The van der Waals surface area contributed by atoms with E-state index in [4.69, 9.17) is 0 Å². The summed E-state index contributed by atoms with van der Waals surface area (Å²) in [7, 11) is 5.77. The molecule has 2 unspecified atom stereocenters. The van der Waals surface area contributed by atoms with Gasteiger partial charge in [-0.15, -0.1) is 0 Å². The van der Waals surface area contributed by atoms with Crippen LogP contribution < -0.4 is 5.32 Å². The number of hydrogen-bond acceptors (Lipinski definition) is 2. The summed E-state index contributed by atoms with van der Waals surface area (Å²) in [6.45, 7) is 2.27. The van der Waals surface area contributed by atoms with Gasteiger partial charge in [-0.25, -0.2) is 4.79 Å². The Labute approximate surface area is 91.6 Å². The lowest BCUT2D eigenvalue weighted by Crippen LogP contribution is -2.53. The molecule has 2 amide bonds. The number of piperidine rings is 1. The van der Waals surface area contributed by atoms with E-state index < -0.39 is 0 Å². The molecule has 2 rings (SSSR count). The first-order valence-corrected chi connectivity index (χ1v) is 5.74. The van der Waals surface area contributed by atoms with Gasteiger partial charge < -0.3 is 15.1 Å². The SMILES string of the molecule is CN1CC2CC[C@@H](C1)C2NC(=O)N(C)C. The Morgan fingerprint density at radius 2 is 1.80 bits per heavy atom. The zero-order valence-electron chi connectivity index (χ0n) is 9.86.